The number of carbonyl (C=O) groups excluding carboxylic acids is 1. The monoisotopic (exact) mass is 284 g/mol. The molecule has 0 fully saturated rings. The third-order valence-corrected chi connectivity index (χ3v) is 2.69. The van der Waals surface area contributed by atoms with Crippen LogP contribution in [0.1, 0.15) is 37.6 Å². The molecule has 0 radical (unpaired) electrons. The van der Waals surface area contributed by atoms with E-state index in [9.17, 15) is 4.79 Å². The maximum absolute atomic E-state index is 11.9. The Morgan fingerprint density at radius 3 is 2.69 bits per heavy atom. The minimum Gasteiger partial charge on any atom is -0.493 e. The van der Waals surface area contributed by atoms with Crippen LogP contribution in [0.25, 0.3) is 0 Å². The SMILES string of the molecule is CCCOc1cc(Br)ccc1C(=O)C(C)C. The third kappa shape index (κ3) is 3.34. The summed E-state index contributed by atoms with van der Waals surface area (Å²) >= 11 is 3.38. The van der Waals surface area contributed by atoms with Crippen molar-refractivity contribution in [3.63, 3.8) is 0 Å². The van der Waals surface area contributed by atoms with Crippen LogP contribution in [-0.4, -0.2) is 12.4 Å². The summed E-state index contributed by atoms with van der Waals surface area (Å²) in [5.74, 6) is 0.790. The van der Waals surface area contributed by atoms with Gasteiger partial charge in [-0.25, -0.2) is 0 Å². The number of hydrogen-bond acceptors (Lipinski definition) is 2. The maximum Gasteiger partial charge on any atom is 0.169 e. The molecule has 0 saturated carbocycles. The first kappa shape index (κ1) is 13.2. The molecule has 0 saturated heterocycles. The van der Waals surface area contributed by atoms with Crippen LogP contribution in [0.2, 0.25) is 0 Å². The topological polar surface area (TPSA) is 26.3 Å². The molecule has 0 N–H and O–H groups in total. The molecule has 0 atom stereocenters. The molecule has 0 aliphatic rings. The number of hydrogen-bond donors (Lipinski definition) is 0. The molecule has 16 heavy (non-hydrogen) atoms. The number of halogens is 1. The summed E-state index contributed by atoms with van der Waals surface area (Å²) < 4.78 is 6.52. The number of benzene rings is 1. The lowest BCUT2D eigenvalue weighted by Crippen LogP contribution is -2.10. The highest BCUT2D eigenvalue weighted by Crippen LogP contribution is 2.26. The van der Waals surface area contributed by atoms with Crippen LogP contribution in [0.4, 0.5) is 0 Å². The molecule has 2 nitrogen and oxygen atoms in total. The Bertz CT molecular complexity index is 372. The second-order valence-corrected chi connectivity index (χ2v) is 4.92. The summed E-state index contributed by atoms with van der Waals surface area (Å²) in [6.45, 7) is 6.47. The van der Waals surface area contributed by atoms with Gasteiger partial charge in [0.2, 0.25) is 0 Å². The quantitative estimate of drug-likeness (QED) is 0.762. The molecule has 0 unspecified atom stereocenters. The van der Waals surface area contributed by atoms with Crippen LogP contribution < -0.4 is 4.74 Å². The molecule has 0 bridgehead atoms. The molecular weight excluding hydrogens is 268 g/mol. The highest BCUT2D eigenvalue weighted by Gasteiger charge is 2.15. The van der Waals surface area contributed by atoms with Crippen molar-refractivity contribution >= 4 is 21.7 Å². The van der Waals surface area contributed by atoms with Gasteiger partial charge in [-0.3, -0.25) is 4.79 Å². The Hall–Kier alpha value is -0.830. The molecule has 1 aromatic rings. The van der Waals surface area contributed by atoms with Gasteiger partial charge in [-0.15, -0.1) is 0 Å². The van der Waals surface area contributed by atoms with Gasteiger partial charge >= 0.3 is 0 Å². The lowest BCUT2D eigenvalue weighted by atomic mass is 10.0. The fourth-order valence-electron chi connectivity index (χ4n) is 1.34. The summed E-state index contributed by atoms with van der Waals surface area (Å²) in [6.07, 6.45) is 0.932. The molecule has 1 aromatic carbocycles. The Morgan fingerprint density at radius 1 is 1.44 bits per heavy atom. The summed E-state index contributed by atoms with van der Waals surface area (Å²) in [5, 5.41) is 0. The first-order chi connectivity index (χ1) is 7.56. The van der Waals surface area contributed by atoms with Crippen LogP contribution >= 0.6 is 15.9 Å². The average Bonchev–Trinajstić information content (AvgIpc) is 2.25. The van der Waals surface area contributed by atoms with Crippen molar-refractivity contribution in [2.75, 3.05) is 6.61 Å². The van der Waals surface area contributed by atoms with Gasteiger partial charge in [-0.05, 0) is 24.6 Å². The number of carbonyl (C=O) groups is 1. The van der Waals surface area contributed by atoms with E-state index in [0.717, 1.165) is 10.9 Å². The maximum atomic E-state index is 11.9. The number of ether oxygens (including phenoxy) is 1. The van der Waals surface area contributed by atoms with Gasteiger partial charge in [0.25, 0.3) is 0 Å². The molecule has 0 spiro atoms. The zero-order valence-electron chi connectivity index (χ0n) is 9.92. The summed E-state index contributed by atoms with van der Waals surface area (Å²) in [7, 11) is 0. The van der Waals surface area contributed by atoms with Crippen molar-refractivity contribution in [2.45, 2.75) is 27.2 Å². The van der Waals surface area contributed by atoms with Gasteiger partial charge in [-0.2, -0.15) is 0 Å². The van der Waals surface area contributed by atoms with Crippen molar-refractivity contribution in [3.05, 3.63) is 28.2 Å². The van der Waals surface area contributed by atoms with E-state index in [-0.39, 0.29) is 11.7 Å². The highest BCUT2D eigenvalue weighted by molar-refractivity contribution is 9.10. The van der Waals surface area contributed by atoms with Gasteiger partial charge < -0.3 is 4.74 Å². The molecule has 0 aromatic heterocycles. The first-order valence-electron chi connectivity index (χ1n) is 5.52. The molecule has 3 heteroatoms. The second kappa shape index (κ2) is 6.04. The summed E-state index contributed by atoms with van der Waals surface area (Å²) in [5.41, 5.74) is 0.673. The van der Waals surface area contributed by atoms with Crippen molar-refractivity contribution in [1.29, 1.82) is 0 Å². The van der Waals surface area contributed by atoms with E-state index in [0.29, 0.717) is 17.9 Å². The number of Topliss-reactive ketones (excluding diaryl/α,β-unsaturated/α-hetero) is 1. The van der Waals surface area contributed by atoms with Crippen LogP contribution in [0.5, 0.6) is 5.75 Å². The van der Waals surface area contributed by atoms with Gasteiger partial charge in [-0.1, -0.05) is 36.7 Å². The Morgan fingerprint density at radius 2 is 2.12 bits per heavy atom. The molecule has 0 aliphatic heterocycles. The Labute approximate surface area is 105 Å². The summed E-state index contributed by atoms with van der Waals surface area (Å²) in [4.78, 5) is 11.9. The fourth-order valence-corrected chi connectivity index (χ4v) is 1.68. The normalized spacial score (nSPS) is 10.6. The average molecular weight is 285 g/mol. The van der Waals surface area contributed by atoms with Crippen LogP contribution in [-0.2, 0) is 0 Å². The number of ketones is 1. The predicted molar refractivity (Wildman–Crippen MR) is 69.1 cm³/mol. The lowest BCUT2D eigenvalue weighted by molar-refractivity contribution is 0.0935. The van der Waals surface area contributed by atoms with Gasteiger partial charge in [0.1, 0.15) is 5.75 Å². The largest absolute Gasteiger partial charge is 0.493 e. The van der Waals surface area contributed by atoms with E-state index < -0.39 is 0 Å². The van der Waals surface area contributed by atoms with Gasteiger partial charge in [0.05, 0.1) is 12.2 Å². The standard InChI is InChI=1S/C13H17BrO2/c1-4-7-16-12-8-10(14)5-6-11(12)13(15)9(2)3/h5-6,8-9H,4,7H2,1-3H3. The molecule has 88 valence electrons. The van der Waals surface area contributed by atoms with E-state index in [2.05, 4.69) is 15.9 Å². The van der Waals surface area contributed by atoms with E-state index >= 15 is 0 Å². The summed E-state index contributed by atoms with van der Waals surface area (Å²) in [6, 6.07) is 5.54. The lowest BCUT2D eigenvalue weighted by Gasteiger charge is -2.12. The van der Waals surface area contributed by atoms with Crippen LogP contribution in [0.3, 0.4) is 0 Å². The fraction of sp³-hybridized carbons (Fsp3) is 0.462. The van der Waals surface area contributed by atoms with Crippen molar-refractivity contribution < 1.29 is 9.53 Å². The Balaban J connectivity index is 3.02. The van der Waals surface area contributed by atoms with E-state index in [4.69, 9.17) is 4.74 Å². The van der Waals surface area contributed by atoms with Crippen LogP contribution in [0.15, 0.2) is 22.7 Å². The van der Waals surface area contributed by atoms with Crippen molar-refractivity contribution in [3.8, 4) is 5.75 Å². The highest BCUT2D eigenvalue weighted by atomic mass is 79.9. The minimum atomic E-state index is -0.00912. The molecular formula is C13H17BrO2. The molecule has 0 amide bonds. The first-order valence-corrected chi connectivity index (χ1v) is 6.32. The van der Waals surface area contributed by atoms with Crippen LogP contribution in [0, 0.1) is 5.92 Å². The number of rotatable bonds is 5. The third-order valence-electron chi connectivity index (χ3n) is 2.20. The van der Waals surface area contributed by atoms with Gasteiger partial charge in [0, 0.05) is 10.4 Å². The zero-order chi connectivity index (χ0) is 12.1. The minimum absolute atomic E-state index is 0.00912. The van der Waals surface area contributed by atoms with E-state index in [1.165, 1.54) is 0 Å². The molecule has 0 heterocycles. The van der Waals surface area contributed by atoms with E-state index in [1.54, 1.807) is 0 Å². The molecule has 1 rings (SSSR count). The Kier molecular flexibility index (Phi) is 5.00. The van der Waals surface area contributed by atoms with Crippen molar-refractivity contribution in [1.82, 2.24) is 0 Å². The zero-order valence-corrected chi connectivity index (χ0v) is 11.5. The van der Waals surface area contributed by atoms with Gasteiger partial charge in [0.15, 0.2) is 5.78 Å². The van der Waals surface area contributed by atoms with Crippen molar-refractivity contribution in [2.24, 2.45) is 5.92 Å². The second-order valence-electron chi connectivity index (χ2n) is 4.01. The predicted octanol–water partition coefficient (Wildman–Crippen LogP) is 4.08. The van der Waals surface area contributed by atoms with E-state index in [1.807, 2.05) is 39.0 Å². The smallest absolute Gasteiger partial charge is 0.169 e. The molecule has 0 aliphatic carbocycles.